The Morgan fingerprint density at radius 1 is 1.06 bits per heavy atom. The third-order valence-corrected chi connectivity index (χ3v) is 1.79. The van der Waals surface area contributed by atoms with Crippen LogP contribution in [0.15, 0.2) is 24.0 Å². The van der Waals surface area contributed by atoms with E-state index < -0.39 is 35.4 Å². The molecule has 0 amide bonds. The van der Waals surface area contributed by atoms with E-state index >= 15 is 0 Å². The minimum Gasteiger partial charge on any atom is -0.421 e. The SMILES string of the molecule is Cc1cc(F)c(OC(F)(F)C(F)=C(F)F)c(F)c1. The highest BCUT2D eigenvalue weighted by molar-refractivity contribution is 5.31. The summed E-state index contributed by atoms with van der Waals surface area (Å²) in [6.45, 7) is 1.26. The van der Waals surface area contributed by atoms with E-state index in [-0.39, 0.29) is 5.56 Å². The molecule has 1 aromatic carbocycles. The number of hydrogen-bond donors (Lipinski definition) is 0. The molecule has 0 aliphatic rings. The minimum absolute atomic E-state index is 0.0494. The fourth-order valence-electron chi connectivity index (χ4n) is 1.07. The highest BCUT2D eigenvalue weighted by Gasteiger charge is 2.43. The molecule has 1 aromatic rings. The Hall–Kier alpha value is -1.73. The molecular weight excluding hydrogens is 269 g/mol. The van der Waals surface area contributed by atoms with Crippen LogP contribution in [0.1, 0.15) is 5.56 Å². The van der Waals surface area contributed by atoms with Crippen LogP contribution in [0.4, 0.5) is 30.7 Å². The molecule has 8 heteroatoms. The second-order valence-corrected chi connectivity index (χ2v) is 3.25. The van der Waals surface area contributed by atoms with Crippen LogP contribution in [0.25, 0.3) is 0 Å². The van der Waals surface area contributed by atoms with Crippen molar-refractivity contribution in [2.75, 3.05) is 0 Å². The molecule has 0 unspecified atom stereocenters. The van der Waals surface area contributed by atoms with Crippen LogP contribution in [0, 0.1) is 18.6 Å². The van der Waals surface area contributed by atoms with E-state index in [0.29, 0.717) is 12.1 Å². The van der Waals surface area contributed by atoms with E-state index in [2.05, 4.69) is 4.74 Å². The van der Waals surface area contributed by atoms with Crippen molar-refractivity contribution in [3.05, 3.63) is 41.2 Å². The molecule has 0 saturated heterocycles. The topological polar surface area (TPSA) is 9.23 Å². The molecule has 0 aliphatic heterocycles. The maximum Gasteiger partial charge on any atom is 0.459 e. The summed E-state index contributed by atoms with van der Waals surface area (Å²) in [5, 5.41) is 0. The molecule has 0 heterocycles. The monoisotopic (exact) mass is 274 g/mol. The standard InChI is InChI=1S/C10H5F7O/c1-4-2-5(11)7(6(12)3-4)18-10(16,17)8(13)9(14)15/h2-3H,1H3. The molecule has 0 saturated carbocycles. The highest BCUT2D eigenvalue weighted by Crippen LogP contribution is 2.34. The molecular formula is C10H5F7O. The smallest absolute Gasteiger partial charge is 0.421 e. The first-order valence-corrected chi connectivity index (χ1v) is 4.39. The minimum atomic E-state index is -5.16. The predicted molar refractivity (Wildman–Crippen MR) is 47.0 cm³/mol. The van der Waals surface area contributed by atoms with Gasteiger partial charge >= 0.3 is 12.2 Å². The van der Waals surface area contributed by atoms with Gasteiger partial charge in [0.05, 0.1) is 0 Å². The van der Waals surface area contributed by atoms with Gasteiger partial charge in [0.25, 0.3) is 5.83 Å². The molecule has 0 N–H and O–H groups in total. The Morgan fingerprint density at radius 3 is 1.89 bits per heavy atom. The number of rotatable bonds is 3. The van der Waals surface area contributed by atoms with Crippen molar-refractivity contribution in [2.45, 2.75) is 13.0 Å². The molecule has 100 valence electrons. The number of aryl methyl sites for hydroxylation is 1. The van der Waals surface area contributed by atoms with E-state index in [1.54, 1.807) is 0 Å². The Labute approximate surface area is 96.5 Å². The lowest BCUT2D eigenvalue weighted by Gasteiger charge is -2.16. The van der Waals surface area contributed by atoms with Gasteiger partial charge in [-0.2, -0.15) is 22.0 Å². The Balaban J connectivity index is 3.17. The first-order valence-electron chi connectivity index (χ1n) is 4.39. The van der Waals surface area contributed by atoms with E-state index in [1.807, 2.05) is 0 Å². The maximum atomic E-state index is 13.1. The quantitative estimate of drug-likeness (QED) is 0.746. The second kappa shape index (κ2) is 4.87. The zero-order valence-electron chi connectivity index (χ0n) is 8.71. The summed E-state index contributed by atoms with van der Waals surface area (Å²) in [4.78, 5) is 0. The van der Waals surface area contributed by atoms with E-state index in [1.165, 1.54) is 6.92 Å². The molecule has 0 atom stereocenters. The second-order valence-electron chi connectivity index (χ2n) is 3.25. The fourth-order valence-corrected chi connectivity index (χ4v) is 1.07. The van der Waals surface area contributed by atoms with Gasteiger partial charge in [-0.3, -0.25) is 0 Å². The lowest BCUT2D eigenvalue weighted by molar-refractivity contribution is -0.162. The summed E-state index contributed by atoms with van der Waals surface area (Å²) >= 11 is 0. The normalized spacial score (nSPS) is 11.3. The largest absolute Gasteiger partial charge is 0.459 e. The molecule has 0 fully saturated rings. The lowest BCUT2D eigenvalue weighted by Crippen LogP contribution is -2.27. The van der Waals surface area contributed by atoms with Crippen molar-refractivity contribution < 1.29 is 35.5 Å². The Morgan fingerprint density at radius 2 is 1.50 bits per heavy atom. The molecule has 1 nitrogen and oxygen atoms in total. The number of ether oxygens (including phenoxy) is 1. The summed E-state index contributed by atoms with van der Waals surface area (Å²) in [6.07, 6.45) is -8.50. The van der Waals surface area contributed by atoms with Crippen LogP contribution in [0.5, 0.6) is 5.75 Å². The average molecular weight is 274 g/mol. The van der Waals surface area contributed by atoms with Crippen molar-refractivity contribution >= 4 is 0 Å². The third-order valence-electron chi connectivity index (χ3n) is 1.79. The van der Waals surface area contributed by atoms with Gasteiger partial charge in [-0.25, -0.2) is 8.78 Å². The van der Waals surface area contributed by atoms with Crippen molar-refractivity contribution in [1.29, 1.82) is 0 Å². The number of benzene rings is 1. The van der Waals surface area contributed by atoms with Crippen LogP contribution in [0.3, 0.4) is 0 Å². The summed E-state index contributed by atoms with van der Waals surface area (Å²) < 4.78 is 90.6. The summed E-state index contributed by atoms with van der Waals surface area (Å²) in [5.74, 6) is -7.96. The summed E-state index contributed by atoms with van der Waals surface area (Å²) in [5.41, 5.74) is 0.0494. The highest BCUT2D eigenvalue weighted by atomic mass is 19.3. The van der Waals surface area contributed by atoms with E-state index in [4.69, 9.17) is 0 Å². The van der Waals surface area contributed by atoms with Crippen molar-refractivity contribution in [1.82, 2.24) is 0 Å². The first-order chi connectivity index (χ1) is 8.15. The number of halogens is 7. The van der Waals surface area contributed by atoms with Gasteiger partial charge in [0.15, 0.2) is 17.4 Å². The number of alkyl halides is 2. The molecule has 18 heavy (non-hydrogen) atoms. The Kier molecular flexibility index (Phi) is 3.88. The van der Waals surface area contributed by atoms with Gasteiger partial charge in [-0.1, -0.05) is 0 Å². The maximum absolute atomic E-state index is 13.1. The van der Waals surface area contributed by atoms with Crippen molar-refractivity contribution in [3.8, 4) is 5.75 Å². The molecule has 0 aromatic heterocycles. The van der Waals surface area contributed by atoms with Gasteiger partial charge in [0.2, 0.25) is 0 Å². The van der Waals surface area contributed by atoms with E-state index in [0.717, 1.165) is 0 Å². The van der Waals surface area contributed by atoms with E-state index in [9.17, 15) is 30.7 Å². The van der Waals surface area contributed by atoms with Crippen LogP contribution >= 0.6 is 0 Å². The van der Waals surface area contributed by atoms with Gasteiger partial charge < -0.3 is 4.74 Å². The number of hydrogen-bond acceptors (Lipinski definition) is 1. The Bertz CT molecular complexity index is 468. The van der Waals surface area contributed by atoms with Crippen LogP contribution in [0.2, 0.25) is 0 Å². The first kappa shape index (κ1) is 14.3. The van der Waals surface area contributed by atoms with Crippen molar-refractivity contribution in [3.63, 3.8) is 0 Å². The summed E-state index contributed by atoms with van der Waals surface area (Å²) in [6, 6.07) is 1.25. The van der Waals surface area contributed by atoms with Gasteiger partial charge in [-0.15, -0.1) is 0 Å². The molecule has 1 rings (SSSR count). The van der Waals surface area contributed by atoms with Gasteiger partial charge in [0, 0.05) is 0 Å². The predicted octanol–water partition coefficient (Wildman–Crippen LogP) is 4.32. The zero-order valence-corrected chi connectivity index (χ0v) is 8.71. The van der Waals surface area contributed by atoms with Crippen molar-refractivity contribution in [2.24, 2.45) is 0 Å². The fraction of sp³-hybridized carbons (Fsp3) is 0.200. The van der Waals surface area contributed by atoms with Gasteiger partial charge in [0.1, 0.15) is 0 Å². The van der Waals surface area contributed by atoms with Crippen LogP contribution < -0.4 is 4.74 Å². The van der Waals surface area contributed by atoms with Crippen LogP contribution in [-0.2, 0) is 0 Å². The third kappa shape index (κ3) is 2.93. The zero-order chi connectivity index (χ0) is 14.1. The average Bonchev–Trinajstić information content (AvgIpc) is 2.22. The molecule has 0 radical (unpaired) electrons. The van der Waals surface area contributed by atoms with Crippen LogP contribution in [-0.4, -0.2) is 6.11 Å². The molecule has 0 spiro atoms. The lowest BCUT2D eigenvalue weighted by atomic mass is 10.2. The molecule has 0 bridgehead atoms. The van der Waals surface area contributed by atoms with Gasteiger partial charge in [-0.05, 0) is 24.6 Å². The summed E-state index contributed by atoms with van der Waals surface area (Å²) in [7, 11) is 0. The molecule has 0 aliphatic carbocycles.